The molecule has 1 aromatic carbocycles. The van der Waals surface area contributed by atoms with Gasteiger partial charge in [-0.2, -0.15) is 0 Å². The van der Waals surface area contributed by atoms with E-state index in [0.717, 1.165) is 11.1 Å². The Kier molecular flexibility index (Phi) is 3.39. The molecule has 1 aliphatic heterocycles. The largest absolute Gasteiger partial charge is 0.457 e. The molecule has 1 aliphatic rings. The molecule has 0 spiro atoms. The van der Waals surface area contributed by atoms with Crippen molar-refractivity contribution < 1.29 is 14.0 Å². The van der Waals surface area contributed by atoms with Crippen LogP contribution in [0.5, 0.6) is 0 Å². The van der Waals surface area contributed by atoms with Gasteiger partial charge in [0.15, 0.2) is 0 Å². The van der Waals surface area contributed by atoms with Gasteiger partial charge in [0, 0.05) is 10.6 Å². The van der Waals surface area contributed by atoms with Crippen LogP contribution in [0.15, 0.2) is 45.5 Å². The minimum atomic E-state index is -0.469. The lowest BCUT2D eigenvalue weighted by Gasteiger charge is -2.00. The van der Waals surface area contributed by atoms with Crippen molar-refractivity contribution in [1.82, 2.24) is 0 Å². The Morgan fingerprint density at radius 2 is 2.00 bits per heavy atom. The van der Waals surface area contributed by atoms with Gasteiger partial charge in [-0.05, 0) is 43.7 Å². The van der Waals surface area contributed by atoms with Gasteiger partial charge < -0.3 is 9.25 Å². The van der Waals surface area contributed by atoms with Crippen LogP contribution in [0.25, 0.3) is 17.4 Å². The number of oxime groups is 1. The van der Waals surface area contributed by atoms with Gasteiger partial charge in [-0.3, -0.25) is 0 Å². The first-order chi connectivity index (χ1) is 10.0. The molecule has 4 nitrogen and oxygen atoms in total. The number of hydrogen-bond donors (Lipinski definition) is 0. The smallest absolute Gasteiger partial charge is 0.367 e. The topological polar surface area (TPSA) is 51.8 Å². The molecule has 0 N–H and O–H groups in total. The van der Waals surface area contributed by atoms with Crippen molar-refractivity contribution >= 4 is 29.4 Å². The lowest BCUT2D eigenvalue weighted by molar-refractivity contribution is -0.136. The number of carbonyl (C=O) groups excluding carboxylic acids is 1. The van der Waals surface area contributed by atoms with Crippen molar-refractivity contribution in [2.45, 2.75) is 13.8 Å². The van der Waals surface area contributed by atoms with Crippen molar-refractivity contribution in [3.63, 3.8) is 0 Å². The Hall–Kier alpha value is -2.33. The van der Waals surface area contributed by atoms with Crippen molar-refractivity contribution in [2.75, 3.05) is 0 Å². The minimum Gasteiger partial charge on any atom is -0.457 e. The number of aryl methyl sites for hydroxylation is 1. The van der Waals surface area contributed by atoms with Gasteiger partial charge in [-0.25, -0.2) is 4.79 Å². The summed E-state index contributed by atoms with van der Waals surface area (Å²) < 4.78 is 5.73. The Morgan fingerprint density at radius 3 is 2.67 bits per heavy atom. The second-order valence-electron chi connectivity index (χ2n) is 4.78. The fourth-order valence-corrected chi connectivity index (χ4v) is 2.17. The monoisotopic (exact) mass is 301 g/mol. The molecule has 3 rings (SSSR count). The van der Waals surface area contributed by atoms with E-state index in [2.05, 4.69) is 9.99 Å². The fourth-order valence-electron chi connectivity index (χ4n) is 1.99. The van der Waals surface area contributed by atoms with Crippen molar-refractivity contribution in [1.29, 1.82) is 0 Å². The summed E-state index contributed by atoms with van der Waals surface area (Å²) in [6.45, 7) is 3.65. The van der Waals surface area contributed by atoms with Gasteiger partial charge in [0.2, 0.25) is 0 Å². The highest BCUT2D eigenvalue weighted by atomic mass is 35.5. The maximum absolute atomic E-state index is 11.5. The van der Waals surface area contributed by atoms with Gasteiger partial charge in [-0.15, -0.1) is 0 Å². The molecule has 5 heteroatoms. The van der Waals surface area contributed by atoms with Crippen LogP contribution < -0.4 is 0 Å². The average Bonchev–Trinajstić information content (AvgIpc) is 3.04. The molecular formula is C16H12ClNO3. The molecule has 0 aliphatic carbocycles. The zero-order valence-electron chi connectivity index (χ0n) is 11.5. The second kappa shape index (κ2) is 5.22. The van der Waals surface area contributed by atoms with Crippen molar-refractivity contribution in [3.05, 3.63) is 52.3 Å². The molecule has 0 saturated carbocycles. The van der Waals surface area contributed by atoms with E-state index < -0.39 is 5.97 Å². The van der Waals surface area contributed by atoms with E-state index in [9.17, 15) is 4.79 Å². The zero-order valence-corrected chi connectivity index (χ0v) is 12.3. The molecule has 2 heterocycles. The number of rotatable bonds is 2. The van der Waals surface area contributed by atoms with Crippen LogP contribution in [0.1, 0.15) is 18.2 Å². The molecular weight excluding hydrogens is 290 g/mol. The number of halogens is 1. The molecule has 0 bridgehead atoms. The third-order valence-corrected chi connectivity index (χ3v) is 3.65. The first kappa shape index (κ1) is 13.6. The highest BCUT2D eigenvalue weighted by Crippen LogP contribution is 2.28. The van der Waals surface area contributed by atoms with Gasteiger partial charge in [0.05, 0.1) is 11.3 Å². The van der Waals surface area contributed by atoms with Crippen LogP contribution in [0.2, 0.25) is 5.02 Å². The van der Waals surface area contributed by atoms with Crippen LogP contribution in [0.3, 0.4) is 0 Å². The predicted molar refractivity (Wildman–Crippen MR) is 81.1 cm³/mol. The molecule has 0 saturated heterocycles. The quantitative estimate of drug-likeness (QED) is 0.616. The molecule has 106 valence electrons. The maximum atomic E-state index is 11.5. The summed E-state index contributed by atoms with van der Waals surface area (Å²) in [5, 5.41) is 4.31. The van der Waals surface area contributed by atoms with Crippen molar-refractivity contribution in [3.8, 4) is 11.3 Å². The molecule has 21 heavy (non-hydrogen) atoms. The number of nitrogens with zero attached hydrogens (tertiary/aromatic N) is 1. The zero-order chi connectivity index (χ0) is 15.0. The first-order valence-corrected chi connectivity index (χ1v) is 6.77. The van der Waals surface area contributed by atoms with E-state index in [4.69, 9.17) is 16.0 Å². The molecule has 0 fully saturated rings. The first-order valence-electron chi connectivity index (χ1n) is 6.39. The SMILES string of the molecule is CC1=NOC(=O)/C1=C\c1ccc(-c2ccc(C)c(Cl)c2)o1. The van der Waals surface area contributed by atoms with E-state index in [-0.39, 0.29) is 0 Å². The highest BCUT2D eigenvalue weighted by Gasteiger charge is 2.22. The van der Waals surface area contributed by atoms with Gasteiger partial charge in [0.1, 0.15) is 11.5 Å². The Bertz CT molecular complexity index is 787. The number of furan rings is 1. The van der Waals surface area contributed by atoms with Gasteiger partial charge in [0.25, 0.3) is 0 Å². The molecule has 0 amide bonds. The van der Waals surface area contributed by atoms with E-state index in [1.807, 2.05) is 31.2 Å². The molecule has 1 aromatic heterocycles. The number of benzene rings is 1. The standard InChI is InChI=1S/C16H12ClNO3/c1-9-3-4-11(7-14(9)17)15-6-5-12(20-15)8-13-10(2)18-21-16(13)19/h3-8H,1-2H3/b13-8-. The van der Waals surface area contributed by atoms with E-state index in [0.29, 0.717) is 27.8 Å². The summed E-state index contributed by atoms with van der Waals surface area (Å²) in [7, 11) is 0. The van der Waals surface area contributed by atoms with Gasteiger partial charge >= 0.3 is 5.97 Å². The van der Waals surface area contributed by atoms with Crippen molar-refractivity contribution in [2.24, 2.45) is 5.16 Å². The highest BCUT2D eigenvalue weighted by molar-refractivity contribution is 6.31. The van der Waals surface area contributed by atoms with E-state index in [1.165, 1.54) is 0 Å². The maximum Gasteiger partial charge on any atom is 0.367 e. The fraction of sp³-hybridized carbons (Fsp3) is 0.125. The molecule has 2 aromatic rings. The lowest BCUT2D eigenvalue weighted by Crippen LogP contribution is -2.01. The minimum absolute atomic E-state index is 0.401. The van der Waals surface area contributed by atoms with E-state index >= 15 is 0 Å². The van der Waals surface area contributed by atoms with Gasteiger partial charge in [-0.1, -0.05) is 28.9 Å². The average molecular weight is 302 g/mol. The summed E-state index contributed by atoms with van der Waals surface area (Å²) >= 11 is 6.12. The Morgan fingerprint density at radius 1 is 1.19 bits per heavy atom. The molecule has 0 radical (unpaired) electrons. The van der Waals surface area contributed by atoms with Crippen LogP contribution in [-0.2, 0) is 9.63 Å². The lowest BCUT2D eigenvalue weighted by atomic mass is 10.1. The third-order valence-electron chi connectivity index (χ3n) is 3.24. The van der Waals surface area contributed by atoms with Crippen LogP contribution in [0.4, 0.5) is 0 Å². The van der Waals surface area contributed by atoms with Crippen LogP contribution >= 0.6 is 11.6 Å². The number of carbonyl (C=O) groups is 1. The Balaban J connectivity index is 1.93. The summed E-state index contributed by atoms with van der Waals surface area (Å²) in [6, 6.07) is 9.34. The van der Waals surface area contributed by atoms with Crippen LogP contribution in [-0.4, -0.2) is 11.7 Å². The van der Waals surface area contributed by atoms with Crippen LogP contribution in [0, 0.1) is 6.92 Å². The molecule has 0 atom stereocenters. The summed E-state index contributed by atoms with van der Waals surface area (Å²) in [6.07, 6.45) is 1.62. The number of hydrogen-bond acceptors (Lipinski definition) is 4. The van der Waals surface area contributed by atoms with E-state index in [1.54, 1.807) is 19.1 Å². The predicted octanol–water partition coefficient (Wildman–Crippen LogP) is 4.22. The molecule has 0 unspecified atom stereocenters. The summed E-state index contributed by atoms with van der Waals surface area (Å²) in [5.41, 5.74) is 2.83. The summed E-state index contributed by atoms with van der Waals surface area (Å²) in [4.78, 5) is 16.1. The summed E-state index contributed by atoms with van der Waals surface area (Å²) in [5.74, 6) is 0.777. The Labute approximate surface area is 126 Å². The third kappa shape index (κ3) is 2.62. The normalized spacial score (nSPS) is 16.2. The second-order valence-corrected chi connectivity index (χ2v) is 5.19.